The highest BCUT2D eigenvalue weighted by molar-refractivity contribution is 5.85. The average Bonchev–Trinajstić information content (AvgIpc) is 3.10. The molecule has 0 aromatic carbocycles. The van der Waals surface area contributed by atoms with Crippen LogP contribution in [0, 0.1) is 17.8 Å². The first-order valence-electron chi connectivity index (χ1n) is 7.05. The van der Waals surface area contributed by atoms with Crippen molar-refractivity contribution < 1.29 is 4.79 Å². The molecule has 0 bridgehead atoms. The van der Waals surface area contributed by atoms with E-state index in [0.29, 0.717) is 12.5 Å². The van der Waals surface area contributed by atoms with Gasteiger partial charge in [0.1, 0.15) is 0 Å². The highest BCUT2D eigenvalue weighted by atomic mass is 35.5. The Kier molecular flexibility index (Phi) is 5.47. The van der Waals surface area contributed by atoms with Gasteiger partial charge in [-0.3, -0.25) is 4.79 Å². The van der Waals surface area contributed by atoms with Gasteiger partial charge in [0.2, 0.25) is 5.91 Å². The zero-order valence-corrected chi connectivity index (χ0v) is 12.4. The molecule has 18 heavy (non-hydrogen) atoms. The number of halogens is 1. The van der Waals surface area contributed by atoms with E-state index < -0.39 is 0 Å². The maximum absolute atomic E-state index is 12.1. The van der Waals surface area contributed by atoms with Crippen LogP contribution >= 0.6 is 12.4 Å². The minimum atomic E-state index is -0.253. The average molecular weight is 275 g/mol. The van der Waals surface area contributed by atoms with E-state index in [1.165, 1.54) is 32.1 Å². The van der Waals surface area contributed by atoms with Crippen molar-refractivity contribution >= 4 is 18.3 Å². The molecule has 2 atom stereocenters. The van der Waals surface area contributed by atoms with Crippen molar-refractivity contribution in [3.8, 4) is 0 Å². The lowest BCUT2D eigenvalue weighted by Gasteiger charge is -2.25. The van der Waals surface area contributed by atoms with Gasteiger partial charge in [0.05, 0.1) is 0 Å². The first-order valence-corrected chi connectivity index (χ1v) is 7.05. The van der Waals surface area contributed by atoms with Crippen molar-refractivity contribution in [1.29, 1.82) is 0 Å². The molecule has 2 unspecified atom stereocenters. The minimum Gasteiger partial charge on any atom is -0.350 e. The van der Waals surface area contributed by atoms with E-state index >= 15 is 0 Å². The molecule has 3 nitrogen and oxygen atoms in total. The van der Waals surface area contributed by atoms with Crippen molar-refractivity contribution in [2.24, 2.45) is 23.5 Å². The zero-order valence-electron chi connectivity index (χ0n) is 11.6. The second kappa shape index (κ2) is 6.25. The molecule has 4 heteroatoms. The van der Waals surface area contributed by atoms with Gasteiger partial charge in [0.25, 0.3) is 0 Å². The van der Waals surface area contributed by atoms with Crippen molar-refractivity contribution in [1.82, 2.24) is 5.32 Å². The van der Waals surface area contributed by atoms with Crippen molar-refractivity contribution in [3.63, 3.8) is 0 Å². The molecule has 106 valence electrons. The summed E-state index contributed by atoms with van der Waals surface area (Å²) in [5, 5.41) is 3.07. The lowest BCUT2D eigenvalue weighted by molar-refractivity contribution is -0.124. The fourth-order valence-corrected chi connectivity index (χ4v) is 3.08. The Morgan fingerprint density at radius 2 is 1.89 bits per heavy atom. The predicted octanol–water partition coefficient (Wildman–Crippen LogP) is 2.48. The van der Waals surface area contributed by atoms with Gasteiger partial charge < -0.3 is 11.1 Å². The maximum Gasteiger partial charge on any atom is 0.223 e. The van der Waals surface area contributed by atoms with Gasteiger partial charge in [0.15, 0.2) is 0 Å². The van der Waals surface area contributed by atoms with E-state index in [4.69, 9.17) is 5.73 Å². The molecule has 0 saturated heterocycles. The first-order chi connectivity index (χ1) is 8.03. The fraction of sp³-hybridized carbons (Fsp3) is 0.929. The molecule has 2 rings (SSSR count). The summed E-state index contributed by atoms with van der Waals surface area (Å²) in [6.07, 6.45) is 7.91. The number of nitrogens with two attached hydrogens (primary N) is 1. The largest absolute Gasteiger partial charge is 0.350 e. The Morgan fingerprint density at radius 3 is 2.44 bits per heavy atom. The van der Waals surface area contributed by atoms with Gasteiger partial charge >= 0.3 is 0 Å². The molecule has 0 spiro atoms. The van der Waals surface area contributed by atoms with Gasteiger partial charge in [0, 0.05) is 18.0 Å². The quantitative estimate of drug-likeness (QED) is 0.828. The molecule has 2 aliphatic rings. The van der Waals surface area contributed by atoms with E-state index in [1.807, 2.05) is 13.8 Å². The molecule has 0 aliphatic heterocycles. The standard InChI is InChI=1S/C14H26N2O.ClH/c1-14(2,9-15)16-13(17)12-8-11(12)10-6-4-3-5-7-10;/h10-12H,3-9,15H2,1-2H3,(H,16,17);1H. The van der Waals surface area contributed by atoms with Crippen molar-refractivity contribution in [2.45, 2.75) is 57.9 Å². The summed E-state index contributed by atoms with van der Waals surface area (Å²) in [7, 11) is 0. The number of amides is 1. The van der Waals surface area contributed by atoms with Crippen LogP contribution in [-0.4, -0.2) is 18.0 Å². The minimum absolute atomic E-state index is 0. The number of hydrogen-bond acceptors (Lipinski definition) is 2. The Labute approximate surface area is 117 Å². The molecule has 3 N–H and O–H groups in total. The third kappa shape index (κ3) is 3.86. The second-order valence-electron chi connectivity index (χ2n) is 6.48. The number of hydrogen-bond donors (Lipinski definition) is 2. The Bertz CT molecular complexity index is 288. The lowest BCUT2D eigenvalue weighted by Crippen LogP contribution is -2.49. The van der Waals surface area contributed by atoms with Crippen LogP contribution in [0.1, 0.15) is 52.4 Å². The molecule has 0 heterocycles. The number of rotatable bonds is 4. The molecule has 0 aromatic heterocycles. The van der Waals surface area contributed by atoms with E-state index in [-0.39, 0.29) is 29.8 Å². The first kappa shape index (κ1) is 15.8. The van der Waals surface area contributed by atoms with Crippen LogP contribution in [-0.2, 0) is 4.79 Å². The Balaban J connectivity index is 0.00000162. The van der Waals surface area contributed by atoms with Crippen LogP contribution in [0.2, 0.25) is 0 Å². The van der Waals surface area contributed by atoms with Gasteiger partial charge in [-0.1, -0.05) is 32.1 Å². The Morgan fingerprint density at radius 1 is 1.28 bits per heavy atom. The summed E-state index contributed by atoms with van der Waals surface area (Å²) in [5.74, 6) is 2.00. The van der Waals surface area contributed by atoms with E-state index in [2.05, 4.69) is 5.32 Å². The molecule has 2 saturated carbocycles. The molecule has 1 amide bonds. The predicted molar refractivity (Wildman–Crippen MR) is 76.7 cm³/mol. The number of nitrogens with one attached hydrogen (secondary N) is 1. The van der Waals surface area contributed by atoms with Crippen molar-refractivity contribution in [2.75, 3.05) is 6.54 Å². The highest BCUT2D eigenvalue weighted by Crippen LogP contribution is 2.49. The molecule has 0 radical (unpaired) electrons. The van der Waals surface area contributed by atoms with Gasteiger partial charge in [-0.25, -0.2) is 0 Å². The van der Waals surface area contributed by atoms with Gasteiger partial charge in [-0.05, 0) is 32.1 Å². The van der Waals surface area contributed by atoms with Crippen LogP contribution in [0.4, 0.5) is 0 Å². The molecular weight excluding hydrogens is 248 g/mol. The lowest BCUT2D eigenvalue weighted by atomic mass is 9.85. The number of carbonyl (C=O) groups excluding carboxylic acids is 1. The SMILES string of the molecule is CC(C)(CN)NC(=O)C1CC1C1CCCCC1.Cl. The molecule has 2 aliphatic carbocycles. The van der Waals surface area contributed by atoms with E-state index in [0.717, 1.165) is 12.3 Å². The third-order valence-corrected chi connectivity index (χ3v) is 4.40. The maximum atomic E-state index is 12.1. The molecule has 2 fully saturated rings. The topological polar surface area (TPSA) is 55.1 Å². The zero-order chi connectivity index (χ0) is 12.5. The van der Waals surface area contributed by atoms with Crippen LogP contribution in [0.15, 0.2) is 0 Å². The van der Waals surface area contributed by atoms with Crippen LogP contribution < -0.4 is 11.1 Å². The van der Waals surface area contributed by atoms with Crippen molar-refractivity contribution in [3.05, 3.63) is 0 Å². The second-order valence-corrected chi connectivity index (χ2v) is 6.48. The van der Waals surface area contributed by atoms with Crippen LogP contribution in [0.3, 0.4) is 0 Å². The molecular formula is C14H27ClN2O. The normalized spacial score (nSPS) is 28.4. The molecule has 0 aromatic rings. The summed E-state index contributed by atoms with van der Waals surface area (Å²) < 4.78 is 0. The van der Waals surface area contributed by atoms with E-state index in [9.17, 15) is 4.79 Å². The number of carbonyl (C=O) groups is 1. The summed E-state index contributed by atoms with van der Waals surface area (Å²) in [6.45, 7) is 4.48. The van der Waals surface area contributed by atoms with Crippen LogP contribution in [0.25, 0.3) is 0 Å². The summed E-state index contributed by atoms with van der Waals surface area (Å²) >= 11 is 0. The van der Waals surface area contributed by atoms with Crippen LogP contribution in [0.5, 0.6) is 0 Å². The van der Waals surface area contributed by atoms with E-state index in [1.54, 1.807) is 0 Å². The Hall–Kier alpha value is -0.280. The monoisotopic (exact) mass is 274 g/mol. The fourth-order valence-electron chi connectivity index (χ4n) is 3.08. The smallest absolute Gasteiger partial charge is 0.223 e. The highest BCUT2D eigenvalue weighted by Gasteiger charge is 2.48. The third-order valence-electron chi connectivity index (χ3n) is 4.40. The summed E-state index contributed by atoms with van der Waals surface area (Å²) in [4.78, 5) is 12.1. The summed E-state index contributed by atoms with van der Waals surface area (Å²) in [6, 6.07) is 0. The van der Waals surface area contributed by atoms with Gasteiger partial charge in [-0.15, -0.1) is 12.4 Å². The summed E-state index contributed by atoms with van der Waals surface area (Å²) in [5.41, 5.74) is 5.38. The van der Waals surface area contributed by atoms with Gasteiger partial charge in [-0.2, -0.15) is 0 Å².